The van der Waals surface area contributed by atoms with Crippen LogP contribution in [0.5, 0.6) is 0 Å². The number of aliphatic carboxylic acids is 2. The maximum atomic E-state index is 12.7. The third-order valence-corrected chi connectivity index (χ3v) is 10.4. The van der Waals surface area contributed by atoms with Crippen LogP contribution in [-0.2, 0) is 32.0 Å². The van der Waals surface area contributed by atoms with E-state index in [4.69, 9.17) is 0 Å². The molecule has 45 heavy (non-hydrogen) atoms. The van der Waals surface area contributed by atoms with E-state index in [2.05, 4.69) is 53.1 Å². The molecule has 0 saturated carbocycles. The van der Waals surface area contributed by atoms with Gasteiger partial charge in [-0.25, -0.2) is 0 Å². The first-order valence-electron chi connectivity index (χ1n) is 15.6. The van der Waals surface area contributed by atoms with Crippen molar-refractivity contribution in [3.05, 3.63) is 50.5 Å². The van der Waals surface area contributed by atoms with Crippen LogP contribution in [0.1, 0.15) is 82.8 Å². The monoisotopic (exact) mass is 658 g/mol. The van der Waals surface area contributed by atoms with Gasteiger partial charge in [0.05, 0.1) is 12.0 Å². The van der Waals surface area contributed by atoms with Gasteiger partial charge in [0.2, 0.25) is 11.8 Å². The number of aromatic amines is 1. The van der Waals surface area contributed by atoms with Gasteiger partial charge in [-0.05, 0) is 86.8 Å². The molecule has 4 rings (SSSR count). The van der Waals surface area contributed by atoms with E-state index < -0.39 is 11.9 Å². The summed E-state index contributed by atoms with van der Waals surface area (Å²) in [5, 5.41) is 28.6. The Hall–Kier alpha value is -3.12. The summed E-state index contributed by atoms with van der Waals surface area (Å²) in [7, 11) is 0. The molecule has 3 aliphatic rings. The lowest BCUT2D eigenvalue weighted by Crippen LogP contribution is -2.36. The Morgan fingerprint density at radius 2 is 1.60 bits per heavy atom. The van der Waals surface area contributed by atoms with Crippen molar-refractivity contribution in [1.82, 2.24) is 20.9 Å². The maximum Gasteiger partial charge on any atom is 0.303 e. The fourth-order valence-corrected chi connectivity index (χ4v) is 8.05. The zero-order valence-corrected chi connectivity index (χ0v) is 28.6. The van der Waals surface area contributed by atoms with Crippen LogP contribution in [0.3, 0.4) is 0 Å². The van der Waals surface area contributed by atoms with Crippen molar-refractivity contribution in [2.24, 2.45) is 11.8 Å². The summed E-state index contributed by atoms with van der Waals surface area (Å²) in [5.74, 6) is -1.99. The van der Waals surface area contributed by atoms with E-state index in [-0.39, 0.29) is 65.1 Å². The van der Waals surface area contributed by atoms with Crippen LogP contribution in [0, 0.1) is 18.8 Å². The van der Waals surface area contributed by atoms with Crippen LogP contribution in [0.2, 0.25) is 0 Å². The number of H-pyrrole nitrogens is 1. The SMILES string of the molecule is CC1=C([C@H](C)S)[C@H](Cc2[nH]c(/C=C3\NC(C[C@H]4NC(=O)[C@H]([C@@H](C)S)[C@H]4C)C(C)=C3CCC(=O)O)c(CCC(=O)O)c2C)NC1=O. The highest BCUT2D eigenvalue weighted by Crippen LogP contribution is 2.37. The third-order valence-electron chi connectivity index (χ3n) is 9.79. The fraction of sp³-hybridized carbons (Fsp3) is 0.576. The number of hydrogen-bond acceptors (Lipinski definition) is 7. The molecule has 246 valence electrons. The number of carbonyl (C=O) groups is 4. The first-order chi connectivity index (χ1) is 21.1. The smallest absolute Gasteiger partial charge is 0.303 e. The van der Waals surface area contributed by atoms with E-state index in [1.807, 2.05) is 33.8 Å². The number of amides is 2. The molecule has 4 heterocycles. The number of carbonyl (C=O) groups excluding carboxylic acids is 2. The Labute approximate surface area is 275 Å². The molecule has 1 aromatic heterocycles. The molecule has 0 aromatic carbocycles. The van der Waals surface area contributed by atoms with Gasteiger partial charge in [-0.1, -0.05) is 13.8 Å². The zero-order valence-electron chi connectivity index (χ0n) is 26.8. The highest BCUT2D eigenvalue weighted by Gasteiger charge is 2.43. The second-order valence-electron chi connectivity index (χ2n) is 12.8. The van der Waals surface area contributed by atoms with Crippen LogP contribution >= 0.6 is 25.3 Å². The van der Waals surface area contributed by atoms with Crippen LogP contribution in [0.4, 0.5) is 0 Å². The van der Waals surface area contributed by atoms with Crippen molar-refractivity contribution in [1.29, 1.82) is 0 Å². The van der Waals surface area contributed by atoms with Crippen molar-refractivity contribution in [2.45, 2.75) is 109 Å². The molecule has 0 bridgehead atoms. The fourth-order valence-electron chi connectivity index (χ4n) is 7.27. The minimum Gasteiger partial charge on any atom is -0.481 e. The lowest BCUT2D eigenvalue weighted by molar-refractivity contribution is -0.138. The van der Waals surface area contributed by atoms with Gasteiger partial charge in [0, 0.05) is 64.5 Å². The minimum absolute atomic E-state index is 0.00733. The second kappa shape index (κ2) is 14.1. The Morgan fingerprint density at radius 3 is 2.18 bits per heavy atom. The molecular formula is C33H46N4O6S2. The Morgan fingerprint density at radius 1 is 0.956 bits per heavy atom. The highest BCUT2D eigenvalue weighted by molar-refractivity contribution is 7.81. The van der Waals surface area contributed by atoms with E-state index in [9.17, 15) is 29.4 Å². The van der Waals surface area contributed by atoms with Gasteiger partial charge in [0.1, 0.15) is 0 Å². The number of nitrogens with one attached hydrogen (secondary N) is 4. The van der Waals surface area contributed by atoms with Gasteiger partial charge in [-0.3, -0.25) is 19.2 Å². The molecule has 0 spiro atoms. The zero-order chi connectivity index (χ0) is 33.3. The summed E-state index contributed by atoms with van der Waals surface area (Å²) in [6, 6.07) is -0.400. The van der Waals surface area contributed by atoms with Crippen molar-refractivity contribution in [3.8, 4) is 0 Å². The molecule has 1 aromatic rings. The molecular weight excluding hydrogens is 613 g/mol. The van der Waals surface area contributed by atoms with Crippen LogP contribution in [-0.4, -0.2) is 67.6 Å². The largest absolute Gasteiger partial charge is 0.481 e. The van der Waals surface area contributed by atoms with E-state index in [0.29, 0.717) is 31.3 Å². The molecule has 6 N–H and O–H groups in total. The lowest BCUT2D eigenvalue weighted by atomic mass is 9.86. The van der Waals surface area contributed by atoms with Crippen molar-refractivity contribution >= 4 is 55.1 Å². The standard InChI is InChI=1S/C33H46N4O6S2/c1-14-20(7-9-28(38)39)25(34-22(14)11-24-16(3)31(19(6)45)33(43)36-24)13-26-21(8-10-29(40)41)15(2)23(35-26)12-27-30(18(5)44)17(4)32(42)37-27/h13,16,18-19,22,24,27,31,34-35,44-45H,7-12H2,1-6H3,(H,36,43)(H,37,42)(H,38,39)(H,40,41)/b25-13-/t16-,18-,19+,22?,24+,27-,31-/m0/s1. The summed E-state index contributed by atoms with van der Waals surface area (Å²) >= 11 is 9.16. The van der Waals surface area contributed by atoms with Crippen LogP contribution in [0.15, 0.2) is 28.0 Å². The summed E-state index contributed by atoms with van der Waals surface area (Å²) in [6.45, 7) is 11.7. The van der Waals surface area contributed by atoms with Gasteiger partial charge in [0.25, 0.3) is 0 Å². The summed E-state index contributed by atoms with van der Waals surface area (Å²) in [6.07, 6.45) is 3.66. The maximum absolute atomic E-state index is 12.7. The van der Waals surface area contributed by atoms with Crippen molar-refractivity contribution in [3.63, 3.8) is 0 Å². The molecule has 7 atom stereocenters. The second-order valence-corrected chi connectivity index (χ2v) is 14.4. The highest BCUT2D eigenvalue weighted by atomic mass is 32.1. The van der Waals surface area contributed by atoms with Crippen molar-refractivity contribution < 1.29 is 29.4 Å². The van der Waals surface area contributed by atoms with E-state index in [0.717, 1.165) is 44.9 Å². The first kappa shape index (κ1) is 34.7. The molecule has 12 heteroatoms. The van der Waals surface area contributed by atoms with E-state index in [1.54, 1.807) is 6.92 Å². The first-order valence-corrected chi connectivity index (χ1v) is 16.6. The molecule has 1 unspecified atom stereocenters. The molecule has 1 saturated heterocycles. The van der Waals surface area contributed by atoms with Crippen LogP contribution in [0.25, 0.3) is 6.08 Å². The molecule has 2 amide bonds. The number of aromatic nitrogens is 1. The summed E-state index contributed by atoms with van der Waals surface area (Å²) < 4.78 is 0. The predicted octanol–water partition coefficient (Wildman–Crippen LogP) is 3.97. The normalized spacial score (nSPS) is 27.2. The predicted molar refractivity (Wildman–Crippen MR) is 180 cm³/mol. The number of hydrogen-bond donors (Lipinski definition) is 8. The quantitative estimate of drug-likeness (QED) is 0.149. The average molecular weight is 659 g/mol. The third kappa shape index (κ3) is 7.48. The minimum atomic E-state index is -0.901. The number of rotatable bonds is 13. The molecule has 0 radical (unpaired) electrons. The van der Waals surface area contributed by atoms with E-state index >= 15 is 0 Å². The average Bonchev–Trinajstić information content (AvgIpc) is 3.59. The molecule has 0 aliphatic carbocycles. The Bertz CT molecular complexity index is 1470. The summed E-state index contributed by atoms with van der Waals surface area (Å²) in [4.78, 5) is 51.9. The Balaban J connectivity index is 1.69. The molecule has 3 aliphatic heterocycles. The molecule has 10 nitrogen and oxygen atoms in total. The van der Waals surface area contributed by atoms with Crippen molar-refractivity contribution in [2.75, 3.05) is 0 Å². The van der Waals surface area contributed by atoms with Gasteiger partial charge in [-0.15, -0.1) is 0 Å². The van der Waals surface area contributed by atoms with E-state index in [1.165, 1.54) is 0 Å². The number of carboxylic acid groups (broad SMARTS) is 2. The van der Waals surface area contributed by atoms with Gasteiger partial charge in [0.15, 0.2) is 0 Å². The molecule has 1 fully saturated rings. The number of allylic oxidation sites excluding steroid dienone is 1. The number of carboxylic acids is 2. The lowest BCUT2D eigenvalue weighted by Gasteiger charge is -2.24. The van der Waals surface area contributed by atoms with Gasteiger partial charge < -0.3 is 31.1 Å². The topological polar surface area (TPSA) is 161 Å². The van der Waals surface area contributed by atoms with Crippen LogP contribution < -0.4 is 16.0 Å². The number of thiol groups is 2. The van der Waals surface area contributed by atoms with Gasteiger partial charge in [-0.2, -0.15) is 25.3 Å². The summed E-state index contributed by atoms with van der Waals surface area (Å²) in [5.41, 5.74) is 7.80. The van der Waals surface area contributed by atoms with Gasteiger partial charge >= 0.3 is 11.9 Å². The Kier molecular flexibility index (Phi) is 10.9.